The maximum atomic E-state index is 12.6. The van der Waals surface area contributed by atoms with Gasteiger partial charge >= 0.3 is 0 Å². The van der Waals surface area contributed by atoms with E-state index in [1.807, 2.05) is 13.8 Å². The summed E-state index contributed by atoms with van der Waals surface area (Å²) in [5.41, 5.74) is 0.863. The van der Waals surface area contributed by atoms with Gasteiger partial charge in [0.1, 0.15) is 10.6 Å². The topological polar surface area (TPSA) is 76.9 Å². The van der Waals surface area contributed by atoms with E-state index in [1.165, 1.54) is 22.2 Å². The highest BCUT2D eigenvalue weighted by Gasteiger charge is 2.12. The molecule has 24 heavy (non-hydrogen) atoms. The standard InChI is InChI=1S/C16H15BrN4O2S/c1-9-10(2)24-15-14(9)16(23)21(8-19-15)6-5-13(22)20-12-4-3-11(17)7-18-12/h3-4,7-8H,5-6H2,1-2H3,(H,18,20,22). The first kappa shape index (κ1) is 16.8. The molecule has 3 aromatic heterocycles. The molecular formula is C16H15BrN4O2S. The van der Waals surface area contributed by atoms with E-state index in [2.05, 4.69) is 31.2 Å². The van der Waals surface area contributed by atoms with Crippen LogP contribution in [0.15, 0.2) is 33.9 Å². The second-order valence-electron chi connectivity index (χ2n) is 5.37. The summed E-state index contributed by atoms with van der Waals surface area (Å²) < 4.78 is 2.32. The van der Waals surface area contributed by atoms with Crippen LogP contribution in [0.4, 0.5) is 5.82 Å². The summed E-state index contributed by atoms with van der Waals surface area (Å²) in [6, 6.07) is 3.51. The summed E-state index contributed by atoms with van der Waals surface area (Å²) in [7, 11) is 0. The van der Waals surface area contributed by atoms with E-state index in [4.69, 9.17) is 0 Å². The van der Waals surface area contributed by atoms with Crippen molar-refractivity contribution in [2.24, 2.45) is 0 Å². The van der Waals surface area contributed by atoms with Crippen LogP contribution < -0.4 is 10.9 Å². The normalized spacial score (nSPS) is 11.0. The van der Waals surface area contributed by atoms with E-state index in [0.717, 1.165) is 19.7 Å². The van der Waals surface area contributed by atoms with Gasteiger partial charge < -0.3 is 5.32 Å². The van der Waals surface area contributed by atoms with Gasteiger partial charge in [0.05, 0.1) is 11.7 Å². The number of fused-ring (bicyclic) bond motifs is 1. The third kappa shape index (κ3) is 3.39. The Bertz CT molecular complexity index is 963. The summed E-state index contributed by atoms with van der Waals surface area (Å²) in [6.45, 7) is 4.18. The number of pyridine rings is 1. The molecule has 0 aliphatic rings. The van der Waals surface area contributed by atoms with Crippen LogP contribution in [0.5, 0.6) is 0 Å². The highest BCUT2D eigenvalue weighted by Crippen LogP contribution is 2.25. The summed E-state index contributed by atoms with van der Waals surface area (Å²) in [6.07, 6.45) is 3.29. The summed E-state index contributed by atoms with van der Waals surface area (Å²) in [5.74, 6) is 0.281. The number of aryl methyl sites for hydroxylation is 3. The Morgan fingerprint density at radius 2 is 2.12 bits per heavy atom. The number of hydrogen-bond acceptors (Lipinski definition) is 5. The number of rotatable bonds is 4. The number of aromatic nitrogens is 3. The Hall–Kier alpha value is -2.06. The molecule has 0 fully saturated rings. The molecule has 3 rings (SSSR count). The predicted octanol–water partition coefficient (Wildman–Crippen LogP) is 3.26. The molecule has 1 amide bonds. The second kappa shape index (κ2) is 6.82. The van der Waals surface area contributed by atoms with Crippen molar-refractivity contribution >= 4 is 49.2 Å². The molecule has 0 radical (unpaired) electrons. The lowest BCUT2D eigenvalue weighted by atomic mass is 10.2. The average molecular weight is 407 g/mol. The van der Waals surface area contributed by atoms with Gasteiger partial charge in [-0.3, -0.25) is 14.2 Å². The Kier molecular flexibility index (Phi) is 4.77. The molecule has 1 N–H and O–H groups in total. The number of hydrogen-bond donors (Lipinski definition) is 1. The summed E-state index contributed by atoms with van der Waals surface area (Å²) in [4.78, 5) is 34.8. The maximum absolute atomic E-state index is 12.6. The molecule has 0 unspecified atom stereocenters. The number of anilines is 1. The number of carbonyl (C=O) groups excluding carboxylic acids is 1. The van der Waals surface area contributed by atoms with Gasteiger partial charge in [0, 0.05) is 28.5 Å². The van der Waals surface area contributed by atoms with Crippen molar-refractivity contribution in [2.45, 2.75) is 26.8 Å². The lowest BCUT2D eigenvalue weighted by molar-refractivity contribution is -0.116. The molecule has 0 aromatic carbocycles. The minimum Gasteiger partial charge on any atom is -0.311 e. The fraction of sp³-hybridized carbons (Fsp3) is 0.250. The van der Waals surface area contributed by atoms with Gasteiger partial charge in [-0.25, -0.2) is 9.97 Å². The van der Waals surface area contributed by atoms with Crippen molar-refractivity contribution in [3.05, 3.63) is 49.9 Å². The highest BCUT2D eigenvalue weighted by atomic mass is 79.9. The number of nitrogens with one attached hydrogen (secondary N) is 1. The molecular weight excluding hydrogens is 392 g/mol. The zero-order chi connectivity index (χ0) is 17.3. The van der Waals surface area contributed by atoms with Crippen LogP contribution in [0.1, 0.15) is 16.9 Å². The first-order valence-electron chi connectivity index (χ1n) is 7.32. The van der Waals surface area contributed by atoms with Crippen LogP contribution in [-0.4, -0.2) is 20.4 Å². The molecule has 124 valence electrons. The van der Waals surface area contributed by atoms with Crippen LogP contribution in [-0.2, 0) is 11.3 Å². The number of thiophene rings is 1. The van der Waals surface area contributed by atoms with Crippen LogP contribution in [0.2, 0.25) is 0 Å². The Labute approximate surface area is 150 Å². The molecule has 0 aliphatic heterocycles. The van der Waals surface area contributed by atoms with Gasteiger partial charge in [-0.2, -0.15) is 0 Å². The minimum atomic E-state index is -0.199. The largest absolute Gasteiger partial charge is 0.311 e. The molecule has 0 spiro atoms. The molecule has 0 bridgehead atoms. The van der Waals surface area contributed by atoms with Crippen molar-refractivity contribution < 1.29 is 4.79 Å². The number of amides is 1. The van der Waals surface area contributed by atoms with E-state index < -0.39 is 0 Å². The van der Waals surface area contributed by atoms with E-state index in [1.54, 1.807) is 18.3 Å². The molecule has 8 heteroatoms. The van der Waals surface area contributed by atoms with E-state index in [-0.39, 0.29) is 24.4 Å². The molecule has 6 nitrogen and oxygen atoms in total. The average Bonchev–Trinajstić information content (AvgIpc) is 2.84. The maximum Gasteiger partial charge on any atom is 0.262 e. The first-order valence-corrected chi connectivity index (χ1v) is 8.93. The Morgan fingerprint density at radius 1 is 1.33 bits per heavy atom. The van der Waals surface area contributed by atoms with Crippen molar-refractivity contribution in [2.75, 3.05) is 5.32 Å². The van der Waals surface area contributed by atoms with E-state index >= 15 is 0 Å². The predicted molar refractivity (Wildman–Crippen MR) is 98.5 cm³/mol. The highest BCUT2D eigenvalue weighted by molar-refractivity contribution is 9.10. The quantitative estimate of drug-likeness (QED) is 0.720. The molecule has 3 heterocycles. The summed E-state index contributed by atoms with van der Waals surface area (Å²) >= 11 is 4.80. The lowest BCUT2D eigenvalue weighted by Gasteiger charge is -2.06. The summed E-state index contributed by atoms with van der Waals surface area (Å²) in [5, 5.41) is 3.36. The van der Waals surface area contributed by atoms with Gasteiger partial charge in [-0.05, 0) is 47.5 Å². The van der Waals surface area contributed by atoms with Crippen LogP contribution in [0, 0.1) is 13.8 Å². The van der Waals surface area contributed by atoms with E-state index in [0.29, 0.717) is 11.2 Å². The number of halogens is 1. The minimum absolute atomic E-state index is 0.101. The molecule has 0 saturated carbocycles. The van der Waals surface area contributed by atoms with Gasteiger partial charge in [-0.1, -0.05) is 0 Å². The van der Waals surface area contributed by atoms with Crippen LogP contribution in [0.25, 0.3) is 10.2 Å². The fourth-order valence-corrected chi connectivity index (χ4v) is 3.53. The SMILES string of the molecule is Cc1sc2ncn(CCC(=O)Nc3ccc(Br)cn3)c(=O)c2c1C. The third-order valence-corrected chi connectivity index (χ3v) is 5.31. The van der Waals surface area contributed by atoms with Crippen molar-refractivity contribution in [3.8, 4) is 0 Å². The van der Waals surface area contributed by atoms with Crippen LogP contribution >= 0.6 is 27.3 Å². The number of carbonyl (C=O) groups is 1. The molecule has 0 atom stereocenters. The van der Waals surface area contributed by atoms with Gasteiger partial charge in [0.15, 0.2) is 0 Å². The second-order valence-corrected chi connectivity index (χ2v) is 7.49. The molecule has 3 aromatic rings. The van der Waals surface area contributed by atoms with Gasteiger partial charge in [0.25, 0.3) is 5.56 Å². The van der Waals surface area contributed by atoms with E-state index in [9.17, 15) is 9.59 Å². The first-order chi connectivity index (χ1) is 11.5. The monoisotopic (exact) mass is 406 g/mol. The van der Waals surface area contributed by atoms with Crippen molar-refractivity contribution in [1.29, 1.82) is 0 Å². The van der Waals surface area contributed by atoms with Crippen molar-refractivity contribution in [1.82, 2.24) is 14.5 Å². The lowest BCUT2D eigenvalue weighted by Crippen LogP contribution is -2.23. The van der Waals surface area contributed by atoms with Gasteiger partial charge in [-0.15, -0.1) is 11.3 Å². The fourth-order valence-electron chi connectivity index (χ4n) is 2.31. The zero-order valence-corrected chi connectivity index (χ0v) is 15.6. The third-order valence-electron chi connectivity index (χ3n) is 3.73. The molecule has 0 saturated heterocycles. The van der Waals surface area contributed by atoms with Crippen LogP contribution in [0.3, 0.4) is 0 Å². The Balaban J connectivity index is 1.72. The van der Waals surface area contributed by atoms with Crippen molar-refractivity contribution in [3.63, 3.8) is 0 Å². The Morgan fingerprint density at radius 3 is 2.83 bits per heavy atom. The smallest absolute Gasteiger partial charge is 0.262 e. The number of nitrogens with zero attached hydrogens (tertiary/aromatic N) is 3. The van der Waals surface area contributed by atoms with Gasteiger partial charge in [0.2, 0.25) is 5.91 Å². The zero-order valence-electron chi connectivity index (χ0n) is 13.2. The molecule has 0 aliphatic carbocycles.